The van der Waals surface area contributed by atoms with Gasteiger partial charge in [-0.05, 0) is 13.3 Å². The predicted octanol–water partition coefficient (Wildman–Crippen LogP) is 0.703. The van der Waals surface area contributed by atoms with Crippen LogP contribution < -0.4 is 5.73 Å². The molecule has 0 saturated heterocycles. The molecule has 0 aliphatic rings. The summed E-state index contributed by atoms with van der Waals surface area (Å²) in [5.41, 5.74) is 5.27. The van der Waals surface area contributed by atoms with E-state index in [2.05, 4.69) is 0 Å². The molecule has 0 rings (SSSR count). The van der Waals surface area contributed by atoms with Crippen LogP contribution in [0.4, 0.5) is 0 Å². The van der Waals surface area contributed by atoms with Crippen LogP contribution in [-0.4, -0.2) is 11.8 Å². The number of ketones is 1. The molecule has 0 radical (unpaired) electrons. The minimum atomic E-state index is -0.269. The summed E-state index contributed by atoms with van der Waals surface area (Å²) < 4.78 is 0. The van der Waals surface area contributed by atoms with E-state index >= 15 is 0 Å². The molecule has 2 N–H and O–H groups in total. The van der Waals surface area contributed by atoms with Gasteiger partial charge < -0.3 is 5.73 Å². The Bertz CT molecular complexity index is 78.6. The molecule has 0 bridgehead atoms. The van der Waals surface area contributed by atoms with Gasteiger partial charge in [0.15, 0.2) is 0 Å². The molecule has 0 amide bonds. The summed E-state index contributed by atoms with van der Waals surface area (Å²) in [6.45, 7) is 3.69. The third kappa shape index (κ3) is 2.75. The molecule has 0 aromatic carbocycles. The van der Waals surface area contributed by atoms with Gasteiger partial charge in [0.25, 0.3) is 0 Å². The Morgan fingerprint density at radius 1 is 1.75 bits per heavy atom. The van der Waals surface area contributed by atoms with Crippen molar-refractivity contribution >= 4 is 5.78 Å². The lowest BCUT2D eigenvalue weighted by Crippen LogP contribution is -2.25. The SMILES string of the molecule is CCCC(=O)[C@H](C)N. The summed E-state index contributed by atoms with van der Waals surface area (Å²) in [5.74, 6) is 0.160. The van der Waals surface area contributed by atoms with E-state index in [1.54, 1.807) is 6.92 Å². The topological polar surface area (TPSA) is 43.1 Å². The molecule has 0 spiro atoms. The molecule has 0 aliphatic carbocycles. The molecular weight excluding hydrogens is 102 g/mol. The Labute approximate surface area is 50.1 Å². The van der Waals surface area contributed by atoms with Gasteiger partial charge >= 0.3 is 0 Å². The van der Waals surface area contributed by atoms with Crippen molar-refractivity contribution in [3.8, 4) is 0 Å². The first-order valence-electron chi connectivity index (χ1n) is 2.96. The lowest BCUT2D eigenvalue weighted by molar-refractivity contribution is -0.119. The molecule has 0 heterocycles. The Hall–Kier alpha value is -0.370. The Kier molecular flexibility index (Phi) is 3.44. The summed E-state index contributed by atoms with van der Waals surface area (Å²) in [7, 11) is 0. The van der Waals surface area contributed by atoms with E-state index in [1.807, 2.05) is 6.92 Å². The summed E-state index contributed by atoms with van der Waals surface area (Å²) >= 11 is 0. The van der Waals surface area contributed by atoms with Gasteiger partial charge in [0.2, 0.25) is 0 Å². The quantitative estimate of drug-likeness (QED) is 0.588. The Balaban J connectivity index is 3.33. The number of carbonyl (C=O) groups excluding carboxylic acids is 1. The predicted molar refractivity (Wildman–Crippen MR) is 33.6 cm³/mol. The van der Waals surface area contributed by atoms with Gasteiger partial charge in [-0.15, -0.1) is 0 Å². The number of hydrogen-bond acceptors (Lipinski definition) is 2. The number of carbonyl (C=O) groups is 1. The highest BCUT2D eigenvalue weighted by Crippen LogP contribution is 1.90. The number of rotatable bonds is 3. The van der Waals surface area contributed by atoms with Crippen molar-refractivity contribution in [3.05, 3.63) is 0 Å². The average Bonchev–Trinajstić information content (AvgIpc) is 1.67. The van der Waals surface area contributed by atoms with E-state index in [-0.39, 0.29) is 11.8 Å². The zero-order valence-electron chi connectivity index (χ0n) is 5.48. The first-order valence-corrected chi connectivity index (χ1v) is 2.96. The summed E-state index contributed by atoms with van der Waals surface area (Å²) in [6.07, 6.45) is 1.53. The Morgan fingerprint density at radius 3 is 2.38 bits per heavy atom. The molecule has 8 heavy (non-hydrogen) atoms. The molecule has 0 fully saturated rings. The molecule has 0 aromatic heterocycles. The molecule has 0 unspecified atom stereocenters. The van der Waals surface area contributed by atoms with Crippen LogP contribution in [0.5, 0.6) is 0 Å². The minimum absolute atomic E-state index is 0.160. The second kappa shape index (κ2) is 3.61. The molecule has 0 aromatic rings. The second-order valence-corrected chi connectivity index (χ2v) is 2.00. The van der Waals surface area contributed by atoms with Gasteiger partial charge in [-0.1, -0.05) is 6.92 Å². The standard InChI is InChI=1S/C6H13NO/c1-3-4-6(8)5(2)7/h5H,3-4,7H2,1-2H3/t5-/m0/s1. The molecule has 1 atom stereocenters. The fraction of sp³-hybridized carbons (Fsp3) is 0.833. The van der Waals surface area contributed by atoms with Gasteiger partial charge in [0, 0.05) is 6.42 Å². The molecule has 2 nitrogen and oxygen atoms in total. The molecular formula is C6H13NO. The summed E-state index contributed by atoms with van der Waals surface area (Å²) in [6, 6.07) is -0.269. The van der Waals surface area contributed by atoms with Crippen LogP contribution >= 0.6 is 0 Å². The van der Waals surface area contributed by atoms with Crippen molar-refractivity contribution in [2.24, 2.45) is 5.73 Å². The maximum absolute atomic E-state index is 10.6. The van der Waals surface area contributed by atoms with Crippen LogP contribution in [0.3, 0.4) is 0 Å². The third-order valence-electron chi connectivity index (χ3n) is 1.00. The van der Waals surface area contributed by atoms with E-state index in [9.17, 15) is 4.79 Å². The highest BCUT2D eigenvalue weighted by Gasteiger charge is 2.03. The summed E-state index contributed by atoms with van der Waals surface area (Å²) in [4.78, 5) is 10.6. The number of nitrogens with two attached hydrogens (primary N) is 1. The highest BCUT2D eigenvalue weighted by molar-refractivity contribution is 5.83. The largest absolute Gasteiger partial charge is 0.322 e. The van der Waals surface area contributed by atoms with Gasteiger partial charge in [-0.25, -0.2) is 0 Å². The van der Waals surface area contributed by atoms with Gasteiger partial charge in [0.1, 0.15) is 5.78 Å². The van der Waals surface area contributed by atoms with E-state index in [1.165, 1.54) is 0 Å². The van der Waals surface area contributed by atoms with E-state index in [0.717, 1.165) is 6.42 Å². The number of Topliss-reactive ketones (excluding diaryl/α,β-unsaturated/α-hetero) is 1. The van der Waals surface area contributed by atoms with E-state index in [0.29, 0.717) is 6.42 Å². The van der Waals surface area contributed by atoms with Crippen molar-refractivity contribution in [3.63, 3.8) is 0 Å². The second-order valence-electron chi connectivity index (χ2n) is 2.00. The Morgan fingerprint density at radius 2 is 2.25 bits per heavy atom. The van der Waals surface area contributed by atoms with Crippen molar-refractivity contribution in [1.82, 2.24) is 0 Å². The monoisotopic (exact) mass is 115 g/mol. The number of hydrogen-bond donors (Lipinski definition) is 1. The van der Waals surface area contributed by atoms with Crippen molar-refractivity contribution in [2.45, 2.75) is 32.7 Å². The fourth-order valence-electron chi connectivity index (χ4n) is 0.474. The van der Waals surface area contributed by atoms with Crippen LogP contribution in [0.1, 0.15) is 26.7 Å². The van der Waals surface area contributed by atoms with Gasteiger partial charge in [-0.2, -0.15) is 0 Å². The normalized spacial score (nSPS) is 13.4. The smallest absolute Gasteiger partial charge is 0.149 e. The van der Waals surface area contributed by atoms with Crippen molar-refractivity contribution in [1.29, 1.82) is 0 Å². The van der Waals surface area contributed by atoms with Crippen LogP contribution in [0.15, 0.2) is 0 Å². The first kappa shape index (κ1) is 7.63. The van der Waals surface area contributed by atoms with Gasteiger partial charge in [0.05, 0.1) is 6.04 Å². The molecule has 2 heteroatoms. The zero-order valence-corrected chi connectivity index (χ0v) is 5.48. The van der Waals surface area contributed by atoms with Crippen LogP contribution in [-0.2, 0) is 4.79 Å². The zero-order chi connectivity index (χ0) is 6.57. The third-order valence-corrected chi connectivity index (χ3v) is 1.00. The molecule has 0 aliphatic heterocycles. The van der Waals surface area contributed by atoms with Gasteiger partial charge in [-0.3, -0.25) is 4.79 Å². The van der Waals surface area contributed by atoms with E-state index < -0.39 is 0 Å². The van der Waals surface area contributed by atoms with Crippen LogP contribution in [0.25, 0.3) is 0 Å². The lowest BCUT2D eigenvalue weighted by Gasteiger charge is -1.99. The lowest BCUT2D eigenvalue weighted by atomic mass is 10.1. The van der Waals surface area contributed by atoms with Crippen molar-refractivity contribution < 1.29 is 4.79 Å². The maximum atomic E-state index is 10.6. The first-order chi connectivity index (χ1) is 3.68. The highest BCUT2D eigenvalue weighted by atomic mass is 16.1. The average molecular weight is 115 g/mol. The van der Waals surface area contributed by atoms with Crippen molar-refractivity contribution in [2.75, 3.05) is 0 Å². The van der Waals surface area contributed by atoms with Crippen LogP contribution in [0.2, 0.25) is 0 Å². The molecule has 0 saturated carbocycles. The molecule has 48 valence electrons. The van der Waals surface area contributed by atoms with Crippen LogP contribution in [0, 0.1) is 0 Å². The minimum Gasteiger partial charge on any atom is -0.322 e. The van der Waals surface area contributed by atoms with E-state index in [4.69, 9.17) is 5.73 Å². The fourth-order valence-corrected chi connectivity index (χ4v) is 0.474. The summed E-state index contributed by atoms with van der Waals surface area (Å²) in [5, 5.41) is 0. The maximum Gasteiger partial charge on any atom is 0.149 e.